The third-order valence-corrected chi connectivity index (χ3v) is 4.87. The Kier molecular flexibility index (Phi) is 8.74. The molecule has 156 valence electrons. The average Bonchev–Trinajstić information content (AvgIpc) is 3.21. The van der Waals surface area contributed by atoms with E-state index in [4.69, 9.17) is 14.0 Å². The molecule has 0 bridgehead atoms. The van der Waals surface area contributed by atoms with E-state index in [1.165, 1.54) is 5.56 Å². The van der Waals surface area contributed by atoms with Gasteiger partial charge in [0.25, 0.3) is 0 Å². The zero-order valence-electron chi connectivity index (χ0n) is 17.2. The van der Waals surface area contributed by atoms with E-state index in [1.807, 2.05) is 26.8 Å². The van der Waals surface area contributed by atoms with Crippen molar-refractivity contribution in [2.24, 2.45) is 4.99 Å². The maximum Gasteiger partial charge on any atom is 0.194 e. The SMILES string of the molecule is CCNC(=NCCc1c(C)noc1C)N1CCN(Cc2cc(C)on2)CC1.I. The predicted molar refractivity (Wildman–Crippen MR) is 119 cm³/mol. The molecule has 0 amide bonds. The van der Waals surface area contributed by atoms with Gasteiger partial charge in [-0.15, -0.1) is 24.0 Å². The number of aliphatic imine (C=N–C) groups is 1. The molecule has 3 rings (SSSR count). The normalized spacial score (nSPS) is 15.6. The second-order valence-corrected chi connectivity index (χ2v) is 6.98. The van der Waals surface area contributed by atoms with E-state index < -0.39 is 0 Å². The van der Waals surface area contributed by atoms with Gasteiger partial charge in [0, 0.05) is 57.4 Å². The van der Waals surface area contributed by atoms with Crippen LogP contribution in [-0.4, -0.2) is 65.3 Å². The van der Waals surface area contributed by atoms with Crippen molar-refractivity contribution >= 4 is 29.9 Å². The minimum Gasteiger partial charge on any atom is -0.361 e. The maximum absolute atomic E-state index is 5.24. The topological polar surface area (TPSA) is 82.9 Å². The van der Waals surface area contributed by atoms with Gasteiger partial charge in [-0.05, 0) is 34.1 Å². The van der Waals surface area contributed by atoms with E-state index in [1.54, 1.807) is 0 Å². The van der Waals surface area contributed by atoms with Crippen LogP contribution >= 0.6 is 24.0 Å². The van der Waals surface area contributed by atoms with Crippen molar-refractivity contribution in [1.29, 1.82) is 0 Å². The predicted octanol–water partition coefficient (Wildman–Crippen LogP) is 2.53. The van der Waals surface area contributed by atoms with Gasteiger partial charge in [-0.1, -0.05) is 10.3 Å². The van der Waals surface area contributed by atoms with Crippen molar-refractivity contribution in [1.82, 2.24) is 25.4 Å². The summed E-state index contributed by atoms with van der Waals surface area (Å²) in [6, 6.07) is 2.01. The molecule has 1 fully saturated rings. The quantitative estimate of drug-likeness (QED) is 0.369. The number of hydrogen-bond donors (Lipinski definition) is 1. The molecule has 0 atom stereocenters. The highest BCUT2D eigenvalue weighted by atomic mass is 127. The molecule has 2 aromatic rings. The molecule has 0 unspecified atom stereocenters. The van der Waals surface area contributed by atoms with Gasteiger partial charge in [0.05, 0.1) is 11.4 Å². The highest BCUT2D eigenvalue weighted by molar-refractivity contribution is 14.0. The first kappa shape index (κ1) is 22.7. The summed E-state index contributed by atoms with van der Waals surface area (Å²) in [6.45, 7) is 14.3. The summed E-state index contributed by atoms with van der Waals surface area (Å²) in [5.74, 6) is 2.74. The molecule has 1 aliphatic heterocycles. The summed E-state index contributed by atoms with van der Waals surface area (Å²) in [5.41, 5.74) is 3.13. The van der Waals surface area contributed by atoms with E-state index in [9.17, 15) is 0 Å². The van der Waals surface area contributed by atoms with E-state index in [0.29, 0.717) is 0 Å². The van der Waals surface area contributed by atoms with Crippen LogP contribution in [0.2, 0.25) is 0 Å². The first-order chi connectivity index (χ1) is 13.1. The van der Waals surface area contributed by atoms with Crippen molar-refractivity contribution in [2.45, 2.75) is 40.7 Å². The van der Waals surface area contributed by atoms with Crippen molar-refractivity contribution in [2.75, 3.05) is 39.3 Å². The van der Waals surface area contributed by atoms with Crippen LogP contribution in [0, 0.1) is 20.8 Å². The molecule has 9 heteroatoms. The lowest BCUT2D eigenvalue weighted by Gasteiger charge is -2.36. The molecular formula is C19H31IN6O2. The smallest absolute Gasteiger partial charge is 0.194 e. The Bertz CT molecular complexity index is 745. The third-order valence-electron chi connectivity index (χ3n) is 4.87. The van der Waals surface area contributed by atoms with E-state index in [2.05, 4.69) is 32.4 Å². The molecule has 0 aromatic carbocycles. The number of nitrogens with one attached hydrogen (secondary N) is 1. The van der Waals surface area contributed by atoms with Gasteiger partial charge in [0.15, 0.2) is 5.96 Å². The molecule has 3 heterocycles. The van der Waals surface area contributed by atoms with Crippen molar-refractivity contribution in [3.8, 4) is 0 Å². The molecule has 1 saturated heterocycles. The Labute approximate surface area is 183 Å². The zero-order valence-corrected chi connectivity index (χ0v) is 19.5. The van der Waals surface area contributed by atoms with Crippen molar-refractivity contribution in [3.05, 3.63) is 34.5 Å². The van der Waals surface area contributed by atoms with Crippen LogP contribution in [0.25, 0.3) is 0 Å². The first-order valence-electron chi connectivity index (χ1n) is 9.66. The third kappa shape index (κ3) is 5.94. The number of guanidine groups is 1. The number of nitrogens with zero attached hydrogens (tertiary/aromatic N) is 5. The Balaban J connectivity index is 0.00000280. The van der Waals surface area contributed by atoms with Gasteiger partial charge in [0.1, 0.15) is 11.5 Å². The van der Waals surface area contributed by atoms with E-state index in [-0.39, 0.29) is 24.0 Å². The van der Waals surface area contributed by atoms with Gasteiger partial charge in [-0.25, -0.2) is 0 Å². The van der Waals surface area contributed by atoms with Gasteiger partial charge >= 0.3 is 0 Å². The average molecular weight is 502 g/mol. The fourth-order valence-corrected chi connectivity index (χ4v) is 3.40. The van der Waals surface area contributed by atoms with E-state index in [0.717, 1.165) is 81.1 Å². The number of aromatic nitrogens is 2. The summed E-state index contributed by atoms with van der Waals surface area (Å²) in [4.78, 5) is 9.56. The summed E-state index contributed by atoms with van der Waals surface area (Å²) in [7, 11) is 0. The molecule has 8 nitrogen and oxygen atoms in total. The fraction of sp³-hybridized carbons (Fsp3) is 0.632. The zero-order chi connectivity index (χ0) is 19.2. The summed E-state index contributed by atoms with van der Waals surface area (Å²) >= 11 is 0. The molecule has 28 heavy (non-hydrogen) atoms. The number of hydrogen-bond acceptors (Lipinski definition) is 6. The lowest BCUT2D eigenvalue weighted by molar-refractivity contribution is 0.169. The van der Waals surface area contributed by atoms with Gasteiger partial charge < -0.3 is 19.3 Å². The Morgan fingerprint density at radius 3 is 2.46 bits per heavy atom. The molecule has 2 aromatic heterocycles. The highest BCUT2D eigenvalue weighted by Gasteiger charge is 2.20. The standard InChI is InChI=1S/C19H30N6O2.HI/c1-5-20-19(21-7-6-18-15(3)22-27-16(18)4)25-10-8-24(9-11-25)13-17-12-14(2)26-23-17;/h12H,5-11,13H2,1-4H3,(H,20,21);1H. The number of aryl methyl sites for hydroxylation is 3. The van der Waals surface area contributed by atoms with Crippen LogP contribution in [0.15, 0.2) is 20.1 Å². The maximum atomic E-state index is 5.24. The molecule has 1 N–H and O–H groups in total. The second kappa shape index (κ2) is 10.8. The Hall–Kier alpha value is -1.62. The summed E-state index contributed by atoms with van der Waals surface area (Å²) in [5, 5.41) is 11.5. The minimum atomic E-state index is 0. The number of rotatable bonds is 6. The molecule has 0 spiro atoms. The van der Waals surface area contributed by atoms with Crippen molar-refractivity contribution < 1.29 is 9.05 Å². The first-order valence-corrected chi connectivity index (χ1v) is 9.66. The van der Waals surface area contributed by atoms with Crippen LogP contribution in [0.1, 0.15) is 35.4 Å². The molecule has 1 aliphatic rings. The molecule has 0 saturated carbocycles. The largest absolute Gasteiger partial charge is 0.361 e. The van der Waals surface area contributed by atoms with Gasteiger partial charge in [-0.3, -0.25) is 9.89 Å². The molecule has 0 radical (unpaired) electrons. The number of halogens is 1. The minimum absolute atomic E-state index is 0. The lowest BCUT2D eigenvalue weighted by Crippen LogP contribution is -2.52. The fourth-order valence-electron chi connectivity index (χ4n) is 3.40. The van der Waals surface area contributed by atoms with Crippen molar-refractivity contribution in [3.63, 3.8) is 0 Å². The monoisotopic (exact) mass is 502 g/mol. The summed E-state index contributed by atoms with van der Waals surface area (Å²) < 4.78 is 10.4. The Morgan fingerprint density at radius 2 is 1.89 bits per heavy atom. The lowest BCUT2D eigenvalue weighted by atomic mass is 10.1. The van der Waals surface area contributed by atoms with Crippen LogP contribution in [0.3, 0.4) is 0 Å². The van der Waals surface area contributed by atoms with Crippen LogP contribution in [0.4, 0.5) is 0 Å². The highest BCUT2D eigenvalue weighted by Crippen LogP contribution is 2.13. The van der Waals surface area contributed by atoms with Crippen LogP contribution in [-0.2, 0) is 13.0 Å². The van der Waals surface area contributed by atoms with Crippen LogP contribution < -0.4 is 5.32 Å². The number of piperazine rings is 1. The van der Waals surface area contributed by atoms with Gasteiger partial charge in [0.2, 0.25) is 0 Å². The van der Waals surface area contributed by atoms with Gasteiger partial charge in [-0.2, -0.15) is 0 Å². The van der Waals surface area contributed by atoms with Crippen LogP contribution in [0.5, 0.6) is 0 Å². The second-order valence-electron chi connectivity index (χ2n) is 6.98. The summed E-state index contributed by atoms with van der Waals surface area (Å²) in [6.07, 6.45) is 0.849. The van der Waals surface area contributed by atoms with E-state index >= 15 is 0 Å². The Morgan fingerprint density at radius 1 is 1.14 bits per heavy atom. The molecular weight excluding hydrogens is 471 g/mol. The molecule has 0 aliphatic carbocycles.